The third-order valence-electron chi connectivity index (χ3n) is 3.64. The van der Waals surface area contributed by atoms with Gasteiger partial charge < -0.3 is 5.32 Å². The summed E-state index contributed by atoms with van der Waals surface area (Å²) in [4.78, 5) is 4.69. The van der Waals surface area contributed by atoms with Crippen molar-refractivity contribution < 1.29 is 0 Å². The summed E-state index contributed by atoms with van der Waals surface area (Å²) < 4.78 is 1.87. The standard InChI is InChI=1S/C15H23N5S/c1-15(2,3)13-10-21-14(17-13)9-20-8-12(18-19-20)7-16-6-11-4-5-11/h8,10-11,16H,4-7,9H2,1-3H3. The Morgan fingerprint density at radius 3 is 2.86 bits per heavy atom. The highest BCUT2D eigenvalue weighted by Crippen LogP contribution is 2.27. The molecule has 0 amide bonds. The van der Waals surface area contributed by atoms with Crippen molar-refractivity contribution in [2.75, 3.05) is 6.54 Å². The molecule has 1 fully saturated rings. The van der Waals surface area contributed by atoms with E-state index in [1.807, 2.05) is 10.9 Å². The number of nitrogens with zero attached hydrogens (tertiary/aromatic N) is 4. The van der Waals surface area contributed by atoms with Gasteiger partial charge in [-0.15, -0.1) is 16.4 Å². The van der Waals surface area contributed by atoms with Crippen LogP contribution in [0, 0.1) is 5.92 Å². The SMILES string of the molecule is CC(C)(C)c1csc(Cn2cc(CNCC3CC3)nn2)n1. The van der Waals surface area contributed by atoms with Crippen LogP contribution in [0.2, 0.25) is 0 Å². The van der Waals surface area contributed by atoms with Gasteiger partial charge in [0.15, 0.2) is 0 Å². The van der Waals surface area contributed by atoms with Gasteiger partial charge in [-0.05, 0) is 25.3 Å². The number of nitrogens with one attached hydrogen (secondary N) is 1. The molecule has 1 saturated carbocycles. The van der Waals surface area contributed by atoms with Crippen LogP contribution in [-0.2, 0) is 18.5 Å². The third kappa shape index (κ3) is 4.11. The second-order valence-corrected chi connectivity index (χ2v) is 7.80. The summed E-state index contributed by atoms with van der Waals surface area (Å²) in [5.74, 6) is 0.895. The second kappa shape index (κ2) is 5.85. The molecule has 3 rings (SSSR count). The van der Waals surface area contributed by atoms with Crippen molar-refractivity contribution in [3.05, 3.63) is 28.0 Å². The first-order chi connectivity index (χ1) is 10.0. The lowest BCUT2D eigenvalue weighted by Crippen LogP contribution is -2.16. The van der Waals surface area contributed by atoms with Crippen molar-refractivity contribution in [1.29, 1.82) is 0 Å². The van der Waals surface area contributed by atoms with Crippen molar-refractivity contribution in [3.8, 4) is 0 Å². The number of thiazole rings is 1. The van der Waals surface area contributed by atoms with Crippen molar-refractivity contribution in [2.45, 2.75) is 52.1 Å². The van der Waals surface area contributed by atoms with Gasteiger partial charge in [0.2, 0.25) is 0 Å². The molecule has 0 aliphatic heterocycles. The van der Waals surface area contributed by atoms with E-state index in [2.05, 4.69) is 41.8 Å². The van der Waals surface area contributed by atoms with Gasteiger partial charge in [-0.25, -0.2) is 9.67 Å². The fraction of sp³-hybridized carbons (Fsp3) is 0.667. The number of hydrogen-bond donors (Lipinski definition) is 1. The fourth-order valence-corrected chi connectivity index (χ4v) is 3.10. The Labute approximate surface area is 129 Å². The molecule has 6 heteroatoms. The van der Waals surface area contributed by atoms with Crippen LogP contribution in [-0.4, -0.2) is 26.5 Å². The molecule has 5 nitrogen and oxygen atoms in total. The van der Waals surface area contributed by atoms with Crippen molar-refractivity contribution in [1.82, 2.24) is 25.3 Å². The molecule has 0 atom stereocenters. The largest absolute Gasteiger partial charge is 0.311 e. The van der Waals surface area contributed by atoms with E-state index in [0.717, 1.165) is 35.4 Å². The predicted molar refractivity (Wildman–Crippen MR) is 84.4 cm³/mol. The minimum absolute atomic E-state index is 0.106. The minimum Gasteiger partial charge on any atom is -0.311 e. The summed E-state index contributed by atoms with van der Waals surface area (Å²) in [5, 5.41) is 15.1. The zero-order valence-electron chi connectivity index (χ0n) is 13.0. The maximum atomic E-state index is 4.69. The lowest BCUT2D eigenvalue weighted by Gasteiger charge is -2.14. The van der Waals surface area contributed by atoms with E-state index in [4.69, 9.17) is 4.98 Å². The normalized spacial score (nSPS) is 15.6. The molecule has 2 aromatic rings. The summed E-state index contributed by atoms with van der Waals surface area (Å²) >= 11 is 1.70. The van der Waals surface area contributed by atoms with Gasteiger partial charge in [0.05, 0.1) is 24.1 Å². The molecule has 0 spiro atoms. The molecule has 0 radical (unpaired) electrons. The molecule has 0 unspecified atom stereocenters. The van der Waals surface area contributed by atoms with E-state index in [-0.39, 0.29) is 5.41 Å². The molecule has 2 heterocycles. The second-order valence-electron chi connectivity index (χ2n) is 6.86. The molecule has 114 valence electrons. The van der Waals surface area contributed by atoms with Gasteiger partial charge in [0, 0.05) is 17.3 Å². The zero-order chi connectivity index (χ0) is 14.9. The molecule has 1 aliphatic rings. The summed E-state index contributed by atoms with van der Waals surface area (Å²) in [6.45, 7) is 9.17. The average Bonchev–Trinajstić information content (AvgIpc) is 2.93. The summed E-state index contributed by atoms with van der Waals surface area (Å²) in [6.07, 6.45) is 4.76. The topological polar surface area (TPSA) is 55.6 Å². The van der Waals surface area contributed by atoms with Crippen LogP contribution in [0.5, 0.6) is 0 Å². The van der Waals surface area contributed by atoms with Crippen molar-refractivity contribution in [3.63, 3.8) is 0 Å². The molecule has 0 bridgehead atoms. The molecule has 21 heavy (non-hydrogen) atoms. The summed E-state index contributed by atoms with van der Waals surface area (Å²) in [6, 6.07) is 0. The molecular formula is C15H23N5S. The van der Waals surface area contributed by atoms with E-state index in [1.54, 1.807) is 11.3 Å². The van der Waals surface area contributed by atoms with Crippen molar-refractivity contribution >= 4 is 11.3 Å². The summed E-state index contributed by atoms with van der Waals surface area (Å²) in [5.41, 5.74) is 2.26. The average molecular weight is 305 g/mol. The maximum Gasteiger partial charge on any atom is 0.114 e. The van der Waals surface area contributed by atoms with E-state index >= 15 is 0 Å². The Morgan fingerprint density at radius 2 is 2.19 bits per heavy atom. The smallest absolute Gasteiger partial charge is 0.114 e. The molecule has 1 aliphatic carbocycles. The molecule has 1 N–H and O–H groups in total. The maximum absolute atomic E-state index is 4.69. The minimum atomic E-state index is 0.106. The summed E-state index contributed by atoms with van der Waals surface area (Å²) in [7, 11) is 0. The first-order valence-corrected chi connectivity index (χ1v) is 8.43. The van der Waals surface area contributed by atoms with Gasteiger partial charge in [-0.2, -0.15) is 0 Å². The predicted octanol–water partition coefficient (Wildman–Crippen LogP) is 2.58. The third-order valence-corrected chi connectivity index (χ3v) is 4.47. The van der Waals surface area contributed by atoms with Crippen LogP contribution in [0.4, 0.5) is 0 Å². The first-order valence-electron chi connectivity index (χ1n) is 7.55. The molecular weight excluding hydrogens is 282 g/mol. The highest BCUT2D eigenvalue weighted by molar-refractivity contribution is 7.09. The van der Waals surface area contributed by atoms with Gasteiger partial charge >= 0.3 is 0 Å². The number of hydrogen-bond acceptors (Lipinski definition) is 5. The lowest BCUT2D eigenvalue weighted by atomic mass is 9.93. The molecule has 2 aromatic heterocycles. The van der Waals surface area contributed by atoms with Gasteiger partial charge in [-0.1, -0.05) is 26.0 Å². The Kier molecular flexibility index (Phi) is 4.08. The van der Waals surface area contributed by atoms with Crippen LogP contribution in [0.1, 0.15) is 50.0 Å². The van der Waals surface area contributed by atoms with E-state index < -0.39 is 0 Å². The van der Waals surface area contributed by atoms with Gasteiger partial charge in [0.25, 0.3) is 0 Å². The number of rotatable bonds is 6. The highest BCUT2D eigenvalue weighted by Gasteiger charge is 2.20. The van der Waals surface area contributed by atoms with E-state index in [0.29, 0.717) is 6.54 Å². The van der Waals surface area contributed by atoms with Crippen LogP contribution in [0.3, 0.4) is 0 Å². The Balaban J connectivity index is 1.54. The van der Waals surface area contributed by atoms with Crippen molar-refractivity contribution in [2.24, 2.45) is 5.92 Å². The lowest BCUT2D eigenvalue weighted by molar-refractivity contribution is 0.566. The number of aromatic nitrogens is 4. The highest BCUT2D eigenvalue weighted by atomic mass is 32.1. The van der Waals surface area contributed by atoms with Crippen LogP contribution < -0.4 is 5.32 Å². The van der Waals surface area contributed by atoms with Crippen LogP contribution in [0.15, 0.2) is 11.6 Å². The van der Waals surface area contributed by atoms with E-state index in [1.165, 1.54) is 12.8 Å². The Hall–Kier alpha value is -1.27. The quantitative estimate of drug-likeness (QED) is 0.891. The van der Waals surface area contributed by atoms with Crippen LogP contribution in [0.25, 0.3) is 0 Å². The van der Waals surface area contributed by atoms with Gasteiger partial charge in [0.1, 0.15) is 5.01 Å². The van der Waals surface area contributed by atoms with Gasteiger partial charge in [-0.3, -0.25) is 0 Å². The zero-order valence-corrected chi connectivity index (χ0v) is 13.8. The first kappa shape index (κ1) is 14.7. The fourth-order valence-electron chi connectivity index (χ4n) is 2.09. The monoisotopic (exact) mass is 305 g/mol. The Bertz CT molecular complexity index is 591. The van der Waals surface area contributed by atoms with E-state index in [9.17, 15) is 0 Å². The molecule has 0 aromatic carbocycles. The Morgan fingerprint density at radius 1 is 1.38 bits per heavy atom. The van der Waals surface area contributed by atoms with Crippen LogP contribution >= 0.6 is 11.3 Å². The molecule has 0 saturated heterocycles.